The fraction of sp³-hybridized carbons (Fsp3) is 0.357. The van der Waals surface area contributed by atoms with Crippen LogP contribution in [0.15, 0.2) is 24.3 Å². The van der Waals surface area contributed by atoms with Crippen LogP contribution in [0.4, 0.5) is 0 Å². The van der Waals surface area contributed by atoms with E-state index in [2.05, 4.69) is 15.6 Å². The van der Waals surface area contributed by atoms with Crippen LogP contribution in [0.25, 0.3) is 5.69 Å². The molecule has 0 aliphatic heterocycles. The predicted octanol–water partition coefficient (Wildman–Crippen LogP) is 2.21. The smallest absolute Gasteiger partial charge is 0.274 e. The molecule has 7 heteroatoms. The van der Waals surface area contributed by atoms with Crippen molar-refractivity contribution in [3.8, 4) is 5.69 Å². The van der Waals surface area contributed by atoms with Gasteiger partial charge < -0.3 is 10.1 Å². The van der Waals surface area contributed by atoms with Crippen LogP contribution >= 0.6 is 11.6 Å². The van der Waals surface area contributed by atoms with Gasteiger partial charge in [-0.05, 0) is 38.1 Å². The Kier molecular flexibility index (Phi) is 4.93. The standard InChI is InChI=1S/C14H17ClN4O2/c1-9(2)16-14(20)13-12(8-21-3)19(18-17-13)11-6-4-10(15)5-7-11/h4-7,9H,8H2,1-3H3,(H,16,20). The highest BCUT2D eigenvalue weighted by atomic mass is 35.5. The van der Waals surface area contributed by atoms with E-state index in [1.165, 1.54) is 0 Å². The maximum absolute atomic E-state index is 12.1. The largest absolute Gasteiger partial charge is 0.378 e. The van der Waals surface area contributed by atoms with Gasteiger partial charge in [0.2, 0.25) is 0 Å². The Morgan fingerprint density at radius 3 is 2.62 bits per heavy atom. The number of nitrogens with zero attached hydrogens (tertiary/aromatic N) is 3. The number of ether oxygens (including phenoxy) is 1. The van der Waals surface area contributed by atoms with Gasteiger partial charge >= 0.3 is 0 Å². The summed E-state index contributed by atoms with van der Waals surface area (Å²) in [6, 6.07) is 7.14. The first-order valence-electron chi connectivity index (χ1n) is 6.53. The quantitative estimate of drug-likeness (QED) is 0.919. The van der Waals surface area contributed by atoms with E-state index in [1.807, 2.05) is 13.8 Å². The van der Waals surface area contributed by atoms with Crippen LogP contribution in [0, 0.1) is 0 Å². The summed E-state index contributed by atoms with van der Waals surface area (Å²) in [4.78, 5) is 12.1. The number of rotatable bonds is 5. The number of hydrogen-bond acceptors (Lipinski definition) is 4. The van der Waals surface area contributed by atoms with Gasteiger partial charge in [-0.25, -0.2) is 4.68 Å². The molecule has 1 aromatic carbocycles. The van der Waals surface area contributed by atoms with Gasteiger partial charge in [0.25, 0.3) is 5.91 Å². The minimum atomic E-state index is -0.266. The number of halogens is 1. The lowest BCUT2D eigenvalue weighted by Crippen LogP contribution is -2.31. The third kappa shape index (κ3) is 3.59. The van der Waals surface area contributed by atoms with Gasteiger partial charge in [0.05, 0.1) is 12.3 Å². The zero-order valence-electron chi connectivity index (χ0n) is 12.1. The summed E-state index contributed by atoms with van der Waals surface area (Å²) in [7, 11) is 1.56. The van der Waals surface area contributed by atoms with Crippen molar-refractivity contribution in [3.63, 3.8) is 0 Å². The molecule has 1 amide bonds. The first-order chi connectivity index (χ1) is 10.0. The summed E-state index contributed by atoms with van der Waals surface area (Å²) >= 11 is 5.88. The molecule has 21 heavy (non-hydrogen) atoms. The van der Waals surface area contributed by atoms with Gasteiger partial charge in [-0.15, -0.1) is 5.10 Å². The predicted molar refractivity (Wildman–Crippen MR) is 79.7 cm³/mol. The minimum Gasteiger partial charge on any atom is -0.378 e. The van der Waals surface area contributed by atoms with Crippen LogP contribution in [0.1, 0.15) is 30.0 Å². The molecule has 0 unspecified atom stereocenters. The molecule has 0 saturated heterocycles. The van der Waals surface area contributed by atoms with Crippen LogP contribution in [-0.4, -0.2) is 34.1 Å². The number of aromatic nitrogens is 3. The highest BCUT2D eigenvalue weighted by Gasteiger charge is 2.20. The van der Waals surface area contributed by atoms with E-state index in [1.54, 1.807) is 36.1 Å². The van der Waals surface area contributed by atoms with Crippen molar-refractivity contribution in [1.29, 1.82) is 0 Å². The van der Waals surface area contributed by atoms with Crippen molar-refractivity contribution in [2.45, 2.75) is 26.5 Å². The van der Waals surface area contributed by atoms with E-state index in [4.69, 9.17) is 16.3 Å². The number of amides is 1. The molecule has 0 spiro atoms. The van der Waals surface area contributed by atoms with Gasteiger partial charge in [-0.2, -0.15) is 0 Å². The third-order valence-electron chi connectivity index (χ3n) is 2.75. The van der Waals surface area contributed by atoms with Crippen molar-refractivity contribution in [1.82, 2.24) is 20.3 Å². The molecule has 0 bridgehead atoms. The second-order valence-corrected chi connectivity index (χ2v) is 5.27. The fourth-order valence-electron chi connectivity index (χ4n) is 1.86. The molecule has 0 fully saturated rings. The topological polar surface area (TPSA) is 69.0 Å². The van der Waals surface area contributed by atoms with Crippen molar-refractivity contribution < 1.29 is 9.53 Å². The second-order valence-electron chi connectivity index (χ2n) is 4.83. The second kappa shape index (κ2) is 6.69. The molecular weight excluding hydrogens is 292 g/mol. The molecule has 0 radical (unpaired) electrons. The van der Waals surface area contributed by atoms with Gasteiger partial charge in [0, 0.05) is 18.2 Å². The number of carbonyl (C=O) groups excluding carboxylic acids is 1. The summed E-state index contributed by atoms with van der Waals surface area (Å²) < 4.78 is 6.74. The van der Waals surface area contributed by atoms with Crippen molar-refractivity contribution >= 4 is 17.5 Å². The van der Waals surface area contributed by atoms with Crippen LogP contribution in [0.2, 0.25) is 5.02 Å². The van der Waals surface area contributed by atoms with Crippen LogP contribution in [0.3, 0.4) is 0 Å². The molecule has 6 nitrogen and oxygen atoms in total. The molecule has 1 N–H and O–H groups in total. The molecule has 0 aliphatic carbocycles. The Balaban J connectivity index is 2.41. The average molecular weight is 309 g/mol. The van der Waals surface area contributed by atoms with E-state index in [0.717, 1.165) is 5.69 Å². The molecule has 112 valence electrons. The number of benzene rings is 1. The number of hydrogen-bond donors (Lipinski definition) is 1. The van der Waals surface area contributed by atoms with Gasteiger partial charge in [-0.1, -0.05) is 16.8 Å². The minimum absolute atomic E-state index is 0.0218. The van der Waals surface area contributed by atoms with Crippen LogP contribution in [0.5, 0.6) is 0 Å². The molecule has 2 aromatic rings. The summed E-state index contributed by atoms with van der Waals surface area (Å²) in [6.45, 7) is 4.01. The molecule has 0 saturated carbocycles. The molecule has 1 aromatic heterocycles. The highest BCUT2D eigenvalue weighted by molar-refractivity contribution is 6.30. The summed E-state index contributed by atoms with van der Waals surface area (Å²) in [5.74, 6) is -0.266. The van der Waals surface area contributed by atoms with Crippen molar-refractivity contribution in [3.05, 3.63) is 40.7 Å². The number of nitrogens with one attached hydrogen (secondary N) is 1. The zero-order chi connectivity index (χ0) is 15.4. The molecule has 0 aliphatic rings. The van der Waals surface area contributed by atoms with Crippen LogP contribution in [-0.2, 0) is 11.3 Å². The Hall–Kier alpha value is -1.92. The van der Waals surface area contributed by atoms with E-state index in [9.17, 15) is 4.79 Å². The SMILES string of the molecule is COCc1c(C(=O)NC(C)C)nnn1-c1ccc(Cl)cc1. The number of methoxy groups -OCH3 is 1. The Morgan fingerprint density at radius 2 is 2.05 bits per heavy atom. The van der Waals surface area contributed by atoms with E-state index < -0.39 is 0 Å². The lowest BCUT2D eigenvalue weighted by molar-refractivity contribution is 0.0932. The maximum Gasteiger partial charge on any atom is 0.274 e. The Labute approximate surface area is 128 Å². The van der Waals surface area contributed by atoms with Gasteiger partial charge in [-0.3, -0.25) is 4.79 Å². The first-order valence-corrected chi connectivity index (χ1v) is 6.91. The first kappa shape index (κ1) is 15.5. The van der Waals surface area contributed by atoms with E-state index in [0.29, 0.717) is 10.7 Å². The lowest BCUT2D eigenvalue weighted by Gasteiger charge is -2.09. The van der Waals surface area contributed by atoms with Crippen LogP contribution < -0.4 is 5.32 Å². The Morgan fingerprint density at radius 1 is 1.38 bits per heavy atom. The summed E-state index contributed by atoms with van der Waals surface area (Å²) in [5.41, 5.74) is 1.63. The van der Waals surface area contributed by atoms with Crippen molar-refractivity contribution in [2.75, 3.05) is 7.11 Å². The maximum atomic E-state index is 12.1. The highest BCUT2D eigenvalue weighted by Crippen LogP contribution is 2.17. The number of carbonyl (C=O) groups is 1. The summed E-state index contributed by atoms with van der Waals surface area (Å²) in [5, 5.41) is 11.5. The molecule has 1 heterocycles. The molecular formula is C14H17ClN4O2. The molecule has 0 atom stereocenters. The fourth-order valence-corrected chi connectivity index (χ4v) is 1.99. The summed E-state index contributed by atoms with van der Waals surface area (Å²) in [6.07, 6.45) is 0. The van der Waals surface area contributed by atoms with Gasteiger partial charge in [0.1, 0.15) is 5.69 Å². The van der Waals surface area contributed by atoms with E-state index >= 15 is 0 Å². The normalized spacial score (nSPS) is 10.9. The average Bonchev–Trinajstić information content (AvgIpc) is 2.83. The van der Waals surface area contributed by atoms with Crippen molar-refractivity contribution in [2.24, 2.45) is 0 Å². The molecule has 2 rings (SSSR count). The Bertz CT molecular complexity index is 622. The monoisotopic (exact) mass is 308 g/mol. The van der Waals surface area contributed by atoms with Gasteiger partial charge in [0.15, 0.2) is 5.69 Å². The van der Waals surface area contributed by atoms with E-state index in [-0.39, 0.29) is 24.2 Å². The lowest BCUT2D eigenvalue weighted by atomic mass is 10.2. The third-order valence-corrected chi connectivity index (χ3v) is 3.00. The zero-order valence-corrected chi connectivity index (χ0v) is 12.9.